The molecule has 0 aromatic heterocycles. The molecule has 0 aliphatic heterocycles. The van der Waals surface area contributed by atoms with Crippen LogP contribution < -0.4 is 22.5 Å². The van der Waals surface area contributed by atoms with Crippen LogP contribution in [0.1, 0.15) is 16.7 Å². The van der Waals surface area contributed by atoms with Crippen molar-refractivity contribution in [2.75, 3.05) is 20.3 Å². The van der Waals surface area contributed by atoms with Gasteiger partial charge in [0.2, 0.25) is 0 Å². The SMILES string of the molecule is COCCNCc1cccc(OCc2ccc(C)cc2)c1.[Cl-]. The molecule has 0 aliphatic rings. The lowest BCUT2D eigenvalue weighted by Gasteiger charge is -2.09. The van der Waals surface area contributed by atoms with Crippen molar-refractivity contribution in [2.45, 2.75) is 20.1 Å². The lowest BCUT2D eigenvalue weighted by atomic mass is 10.2. The van der Waals surface area contributed by atoms with E-state index in [2.05, 4.69) is 48.6 Å². The van der Waals surface area contributed by atoms with Crippen LogP contribution in [0.4, 0.5) is 0 Å². The average Bonchev–Trinajstić information content (AvgIpc) is 2.52. The van der Waals surface area contributed by atoms with Crippen LogP contribution in [0.5, 0.6) is 5.75 Å². The first-order chi connectivity index (χ1) is 10.3. The summed E-state index contributed by atoms with van der Waals surface area (Å²) in [7, 11) is 1.71. The van der Waals surface area contributed by atoms with Crippen LogP contribution in [0, 0.1) is 6.92 Å². The summed E-state index contributed by atoms with van der Waals surface area (Å²) >= 11 is 0. The van der Waals surface area contributed by atoms with Crippen molar-refractivity contribution < 1.29 is 21.9 Å². The summed E-state index contributed by atoms with van der Waals surface area (Å²) in [6.07, 6.45) is 0. The molecule has 0 saturated heterocycles. The van der Waals surface area contributed by atoms with Crippen molar-refractivity contribution in [2.24, 2.45) is 0 Å². The highest BCUT2D eigenvalue weighted by molar-refractivity contribution is 5.29. The van der Waals surface area contributed by atoms with Gasteiger partial charge in [0.05, 0.1) is 6.61 Å². The van der Waals surface area contributed by atoms with Gasteiger partial charge in [-0.15, -0.1) is 0 Å². The first-order valence-electron chi connectivity index (χ1n) is 7.25. The maximum atomic E-state index is 5.85. The molecule has 2 aromatic carbocycles. The van der Waals surface area contributed by atoms with Crippen molar-refractivity contribution in [1.29, 1.82) is 0 Å². The molecule has 3 nitrogen and oxygen atoms in total. The summed E-state index contributed by atoms with van der Waals surface area (Å²) in [6, 6.07) is 16.6. The summed E-state index contributed by atoms with van der Waals surface area (Å²) in [4.78, 5) is 0. The van der Waals surface area contributed by atoms with Crippen LogP contribution >= 0.6 is 0 Å². The van der Waals surface area contributed by atoms with Gasteiger partial charge >= 0.3 is 0 Å². The molecule has 22 heavy (non-hydrogen) atoms. The van der Waals surface area contributed by atoms with Crippen LogP contribution in [0.25, 0.3) is 0 Å². The average molecular weight is 321 g/mol. The largest absolute Gasteiger partial charge is 1.00 e. The first-order valence-corrected chi connectivity index (χ1v) is 7.25. The van der Waals surface area contributed by atoms with E-state index in [0.717, 1.165) is 25.4 Å². The highest BCUT2D eigenvalue weighted by atomic mass is 35.5. The second kappa shape index (κ2) is 10.2. The lowest BCUT2D eigenvalue weighted by Crippen LogP contribution is -3.00. The Labute approximate surface area is 139 Å². The summed E-state index contributed by atoms with van der Waals surface area (Å²) in [6.45, 7) is 5.09. The van der Waals surface area contributed by atoms with Crippen LogP contribution in [0.2, 0.25) is 0 Å². The molecular formula is C18H23ClNO2-. The zero-order chi connectivity index (χ0) is 14.9. The maximum absolute atomic E-state index is 5.85. The van der Waals surface area contributed by atoms with E-state index in [0.29, 0.717) is 6.61 Å². The Hall–Kier alpha value is -1.55. The van der Waals surface area contributed by atoms with E-state index in [4.69, 9.17) is 9.47 Å². The molecular weight excluding hydrogens is 298 g/mol. The number of aryl methyl sites for hydroxylation is 1. The second-order valence-corrected chi connectivity index (χ2v) is 5.09. The van der Waals surface area contributed by atoms with Gasteiger partial charge in [-0.1, -0.05) is 42.0 Å². The van der Waals surface area contributed by atoms with Crippen LogP contribution in [0.15, 0.2) is 48.5 Å². The zero-order valence-corrected chi connectivity index (χ0v) is 13.9. The smallest absolute Gasteiger partial charge is 0.120 e. The Kier molecular flexibility index (Phi) is 8.60. The van der Waals surface area contributed by atoms with Gasteiger partial charge < -0.3 is 27.2 Å². The predicted octanol–water partition coefficient (Wildman–Crippen LogP) is 0.314. The molecule has 0 bridgehead atoms. The fraction of sp³-hybridized carbons (Fsp3) is 0.333. The third-order valence-electron chi connectivity index (χ3n) is 3.24. The molecule has 0 fully saturated rings. The molecule has 120 valence electrons. The van der Waals surface area contributed by atoms with Crippen molar-refractivity contribution in [1.82, 2.24) is 5.32 Å². The molecule has 0 heterocycles. The first kappa shape index (κ1) is 18.5. The van der Waals surface area contributed by atoms with E-state index in [1.54, 1.807) is 7.11 Å². The number of ether oxygens (including phenoxy) is 2. The standard InChI is InChI=1S/C18H23NO2.ClH/c1-15-6-8-16(9-7-15)14-21-18-5-3-4-17(12-18)13-19-10-11-20-2;/h3-9,12,19H,10-11,13-14H2,1-2H3;1H/p-1. The van der Waals surface area contributed by atoms with Crippen molar-refractivity contribution in [3.8, 4) is 5.75 Å². The van der Waals surface area contributed by atoms with Gasteiger partial charge in [0.25, 0.3) is 0 Å². The molecule has 0 saturated carbocycles. The monoisotopic (exact) mass is 320 g/mol. The minimum absolute atomic E-state index is 0. The predicted molar refractivity (Wildman–Crippen MR) is 85.5 cm³/mol. The number of halogens is 1. The summed E-state index contributed by atoms with van der Waals surface area (Å²) in [5.74, 6) is 0.904. The minimum atomic E-state index is 0. The summed E-state index contributed by atoms with van der Waals surface area (Å²) in [5, 5.41) is 3.33. The van der Waals surface area contributed by atoms with Gasteiger partial charge in [0.1, 0.15) is 12.4 Å². The number of nitrogens with one attached hydrogen (secondary N) is 1. The van der Waals surface area contributed by atoms with E-state index in [1.807, 2.05) is 12.1 Å². The Morgan fingerprint density at radius 3 is 2.50 bits per heavy atom. The number of rotatable bonds is 8. The second-order valence-electron chi connectivity index (χ2n) is 5.09. The van der Waals surface area contributed by atoms with Gasteiger partial charge in [-0.25, -0.2) is 0 Å². The van der Waals surface area contributed by atoms with E-state index < -0.39 is 0 Å². The summed E-state index contributed by atoms with van der Waals surface area (Å²) < 4.78 is 10.9. The van der Waals surface area contributed by atoms with Gasteiger partial charge in [0.15, 0.2) is 0 Å². The van der Waals surface area contributed by atoms with E-state index in [-0.39, 0.29) is 12.4 Å². The number of methoxy groups -OCH3 is 1. The number of hydrogen-bond donors (Lipinski definition) is 1. The van der Waals surface area contributed by atoms with Gasteiger partial charge in [0, 0.05) is 20.2 Å². The van der Waals surface area contributed by atoms with Crippen LogP contribution in [-0.2, 0) is 17.9 Å². The molecule has 0 spiro atoms. The van der Waals surface area contributed by atoms with Gasteiger partial charge in [-0.3, -0.25) is 0 Å². The molecule has 4 heteroatoms. The Morgan fingerprint density at radius 2 is 1.77 bits per heavy atom. The Bertz CT molecular complexity index is 543. The number of hydrogen-bond acceptors (Lipinski definition) is 3. The van der Waals surface area contributed by atoms with Crippen LogP contribution in [0.3, 0.4) is 0 Å². The Balaban J connectivity index is 0.00000242. The molecule has 0 atom stereocenters. The highest BCUT2D eigenvalue weighted by Crippen LogP contribution is 2.15. The quantitative estimate of drug-likeness (QED) is 0.710. The molecule has 1 N–H and O–H groups in total. The topological polar surface area (TPSA) is 30.5 Å². The molecule has 2 rings (SSSR count). The van der Waals surface area contributed by atoms with Crippen molar-refractivity contribution in [3.63, 3.8) is 0 Å². The summed E-state index contributed by atoms with van der Waals surface area (Å²) in [5.41, 5.74) is 3.67. The van der Waals surface area contributed by atoms with E-state index in [1.165, 1.54) is 16.7 Å². The third kappa shape index (κ3) is 6.48. The van der Waals surface area contributed by atoms with Gasteiger partial charge in [-0.05, 0) is 30.2 Å². The van der Waals surface area contributed by atoms with Crippen molar-refractivity contribution >= 4 is 0 Å². The van der Waals surface area contributed by atoms with Crippen LogP contribution in [-0.4, -0.2) is 20.3 Å². The molecule has 0 radical (unpaired) electrons. The van der Waals surface area contributed by atoms with Crippen molar-refractivity contribution in [3.05, 3.63) is 65.2 Å². The normalized spacial score (nSPS) is 10.1. The molecule has 2 aromatic rings. The molecule has 0 unspecified atom stereocenters. The Morgan fingerprint density at radius 1 is 1.00 bits per heavy atom. The maximum Gasteiger partial charge on any atom is 0.120 e. The fourth-order valence-corrected chi connectivity index (χ4v) is 2.00. The number of benzene rings is 2. The van der Waals surface area contributed by atoms with E-state index >= 15 is 0 Å². The van der Waals surface area contributed by atoms with E-state index in [9.17, 15) is 0 Å². The zero-order valence-electron chi connectivity index (χ0n) is 13.1. The minimum Gasteiger partial charge on any atom is -1.00 e. The fourth-order valence-electron chi connectivity index (χ4n) is 2.00. The third-order valence-corrected chi connectivity index (χ3v) is 3.24. The molecule has 0 amide bonds. The highest BCUT2D eigenvalue weighted by Gasteiger charge is 1.99. The van der Waals surface area contributed by atoms with Gasteiger partial charge in [-0.2, -0.15) is 0 Å². The molecule has 0 aliphatic carbocycles. The lowest BCUT2D eigenvalue weighted by molar-refractivity contribution is -0.00000513.